The first kappa shape index (κ1) is 13.9. The summed E-state index contributed by atoms with van der Waals surface area (Å²) >= 11 is 3.65. The molecule has 1 aliphatic heterocycles. The minimum Gasteiger partial charge on any atom is -0.497 e. The highest BCUT2D eigenvalue weighted by molar-refractivity contribution is 9.10. The molecular weight excluding hydrogens is 290 g/mol. The average Bonchev–Trinajstić information content (AvgIpc) is 2.57. The molecule has 0 amide bonds. The van der Waals surface area contributed by atoms with Gasteiger partial charge >= 0.3 is 0 Å². The monoisotopic (exact) mass is 311 g/mol. The van der Waals surface area contributed by atoms with Crippen LogP contribution in [0.1, 0.15) is 38.2 Å². The number of ether oxygens (including phenoxy) is 1. The molecule has 1 fully saturated rings. The Morgan fingerprint density at radius 1 is 1.33 bits per heavy atom. The van der Waals surface area contributed by atoms with Crippen molar-refractivity contribution in [2.75, 3.05) is 13.7 Å². The van der Waals surface area contributed by atoms with Gasteiger partial charge in [-0.1, -0.05) is 28.8 Å². The summed E-state index contributed by atoms with van der Waals surface area (Å²) in [5, 5.41) is 3.71. The standard InChI is InChI=1S/C15H22BrNO/c1-15(8-4-3-5-9-17-15)11-12-10-13(18-2)6-7-14(12)16/h6-7,10,17H,3-5,8-9,11H2,1-2H3. The van der Waals surface area contributed by atoms with E-state index in [1.54, 1.807) is 7.11 Å². The van der Waals surface area contributed by atoms with Crippen LogP contribution in [0, 0.1) is 0 Å². The second-order valence-corrected chi connectivity index (χ2v) is 6.29. The summed E-state index contributed by atoms with van der Waals surface area (Å²) in [5.74, 6) is 0.936. The summed E-state index contributed by atoms with van der Waals surface area (Å²) in [5.41, 5.74) is 1.54. The zero-order chi connectivity index (χ0) is 13.0. The first-order valence-corrected chi connectivity index (χ1v) is 7.50. The van der Waals surface area contributed by atoms with E-state index in [-0.39, 0.29) is 5.54 Å². The molecule has 2 nitrogen and oxygen atoms in total. The summed E-state index contributed by atoms with van der Waals surface area (Å²) in [4.78, 5) is 0. The Morgan fingerprint density at radius 3 is 2.94 bits per heavy atom. The predicted octanol–water partition coefficient (Wildman–Crippen LogP) is 3.92. The SMILES string of the molecule is COc1ccc(Br)c(CC2(C)CCCCCN2)c1. The highest BCUT2D eigenvalue weighted by atomic mass is 79.9. The molecule has 0 spiro atoms. The molecule has 2 rings (SSSR count). The Labute approximate surface area is 118 Å². The molecule has 0 aromatic heterocycles. The molecule has 0 radical (unpaired) electrons. The van der Waals surface area contributed by atoms with Crippen molar-refractivity contribution < 1.29 is 4.74 Å². The minimum atomic E-state index is 0.214. The van der Waals surface area contributed by atoms with Gasteiger partial charge in [-0.3, -0.25) is 0 Å². The summed E-state index contributed by atoms with van der Waals surface area (Å²) in [6.45, 7) is 3.47. The fraction of sp³-hybridized carbons (Fsp3) is 0.600. The molecule has 18 heavy (non-hydrogen) atoms. The van der Waals surface area contributed by atoms with Crippen LogP contribution in [0.2, 0.25) is 0 Å². The van der Waals surface area contributed by atoms with Crippen LogP contribution >= 0.6 is 15.9 Å². The molecule has 1 N–H and O–H groups in total. The maximum absolute atomic E-state index is 5.32. The van der Waals surface area contributed by atoms with Crippen LogP contribution in [0.15, 0.2) is 22.7 Å². The van der Waals surface area contributed by atoms with Crippen molar-refractivity contribution in [3.63, 3.8) is 0 Å². The fourth-order valence-electron chi connectivity index (χ4n) is 2.68. The Bertz CT molecular complexity index is 397. The first-order chi connectivity index (χ1) is 8.63. The molecule has 1 aromatic rings. The Kier molecular flexibility index (Phi) is 4.68. The van der Waals surface area contributed by atoms with Crippen molar-refractivity contribution in [1.29, 1.82) is 0 Å². The lowest BCUT2D eigenvalue weighted by Gasteiger charge is -2.30. The maximum atomic E-state index is 5.32. The molecule has 1 aliphatic rings. The molecule has 1 aromatic carbocycles. The van der Waals surface area contributed by atoms with Crippen LogP contribution in [-0.2, 0) is 6.42 Å². The Balaban J connectivity index is 2.16. The van der Waals surface area contributed by atoms with Gasteiger partial charge in [-0.2, -0.15) is 0 Å². The molecule has 1 heterocycles. The van der Waals surface area contributed by atoms with Crippen molar-refractivity contribution in [3.05, 3.63) is 28.2 Å². The van der Waals surface area contributed by atoms with Crippen molar-refractivity contribution in [3.8, 4) is 5.75 Å². The van der Waals surface area contributed by atoms with Gasteiger partial charge in [0.15, 0.2) is 0 Å². The van der Waals surface area contributed by atoms with Gasteiger partial charge < -0.3 is 10.1 Å². The maximum Gasteiger partial charge on any atom is 0.119 e. The third-order valence-electron chi connectivity index (χ3n) is 3.79. The van der Waals surface area contributed by atoms with E-state index in [4.69, 9.17) is 4.74 Å². The second kappa shape index (κ2) is 6.07. The number of halogens is 1. The minimum absolute atomic E-state index is 0.214. The molecule has 100 valence electrons. The molecule has 0 aliphatic carbocycles. The van der Waals surface area contributed by atoms with Gasteiger partial charge in [-0.25, -0.2) is 0 Å². The lowest BCUT2D eigenvalue weighted by Crippen LogP contribution is -2.43. The van der Waals surface area contributed by atoms with Gasteiger partial charge in [0.2, 0.25) is 0 Å². The van der Waals surface area contributed by atoms with Crippen LogP contribution < -0.4 is 10.1 Å². The highest BCUT2D eigenvalue weighted by Crippen LogP contribution is 2.29. The number of hydrogen-bond acceptors (Lipinski definition) is 2. The van der Waals surface area contributed by atoms with Gasteiger partial charge in [0, 0.05) is 10.0 Å². The second-order valence-electron chi connectivity index (χ2n) is 5.43. The zero-order valence-electron chi connectivity index (χ0n) is 11.3. The van der Waals surface area contributed by atoms with Crippen molar-refractivity contribution in [1.82, 2.24) is 5.32 Å². The van der Waals surface area contributed by atoms with Crippen LogP contribution in [0.3, 0.4) is 0 Å². The van der Waals surface area contributed by atoms with Crippen molar-refractivity contribution in [2.24, 2.45) is 0 Å². The largest absolute Gasteiger partial charge is 0.497 e. The van der Waals surface area contributed by atoms with E-state index in [1.165, 1.54) is 35.7 Å². The molecule has 1 unspecified atom stereocenters. The van der Waals surface area contributed by atoms with E-state index in [9.17, 15) is 0 Å². The van der Waals surface area contributed by atoms with Gasteiger partial charge in [-0.15, -0.1) is 0 Å². The third-order valence-corrected chi connectivity index (χ3v) is 4.56. The molecule has 0 bridgehead atoms. The first-order valence-electron chi connectivity index (χ1n) is 6.70. The van der Waals surface area contributed by atoms with Crippen molar-refractivity contribution >= 4 is 15.9 Å². The van der Waals surface area contributed by atoms with Crippen LogP contribution in [0.4, 0.5) is 0 Å². The highest BCUT2D eigenvalue weighted by Gasteiger charge is 2.26. The van der Waals surface area contributed by atoms with E-state index >= 15 is 0 Å². The Morgan fingerprint density at radius 2 is 2.17 bits per heavy atom. The summed E-state index contributed by atoms with van der Waals surface area (Å²) < 4.78 is 6.49. The zero-order valence-corrected chi connectivity index (χ0v) is 12.8. The molecule has 0 saturated carbocycles. The van der Waals surface area contributed by atoms with Gasteiger partial charge in [0.25, 0.3) is 0 Å². The fourth-order valence-corrected chi connectivity index (χ4v) is 3.07. The van der Waals surface area contributed by atoms with E-state index in [1.807, 2.05) is 6.07 Å². The van der Waals surface area contributed by atoms with Crippen LogP contribution in [0.25, 0.3) is 0 Å². The topological polar surface area (TPSA) is 21.3 Å². The summed E-state index contributed by atoms with van der Waals surface area (Å²) in [6.07, 6.45) is 6.27. The Hall–Kier alpha value is -0.540. The molecule has 1 saturated heterocycles. The van der Waals surface area contributed by atoms with Gasteiger partial charge in [0.1, 0.15) is 5.75 Å². The lowest BCUT2D eigenvalue weighted by atomic mass is 9.88. The van der Waals surface area contributed by atoms with E-state index in [2.05, 4.69) is 40.3 Å². The smallest absolute Gasteiger partial charge is 0.119 e. The summed E-state index contributed by atoms with van der Waals surface area (Å²) in [6, 6.07) is 6.21. The quantitative estimate of drug-likeness (QED) is 0.913. The number of rotatable bonds is 3. The summed E-state index contributed by atoms with van der Waals surface area (Å²) in [7, 11) is 1.72. The number of benzene rings is 1. The van der Waals surface area contributed by atoms with E-state index < -0.39 is 0 Å². The third kappa shape index (κ3) is 3.48. The number of methoxy groups -OCH3 is 1. The van der Waals surface area contributed by atoms with Crippen molar-refractivity contribution in [2.45, 2.75) is 44.6 Å². The van der Waals surface area contributed by atoms with Gasteiger partial charge in [0.05, 0.1) is 7.11 Å². The van der Waals surface area contributed by atoms with E-state index in [0.29, 0.717) is 0 Å². The van der Waals surface area contributed by atoms with Crippen LogP contribution in [0.5, 0.6) is 5.75 Å². The molecule has 3 heteroatoms. The number of hydrogen-bond donors (Lipinski definition) is 1. The van der Waals surface area contributed by atoms with E-state index in [0.717, 1.165) is 18.7 Å². The average molecular weight is 312 g/mol. The lowest BCUT2D eigenvalue weighted by molar-refractivity contribution is 0.344. The molecular formula is C15H22BrNO. The van der Waals surface area contributed by atoms with Crippen LogP contribution in [-0.4, -0.2) is 19.2 Å². The normalized spacial score (nSPS) is 24.6. The number of nitrogens with one attached hydrogen (secondary N) is 1. The molecule has 1 atom stereocenters. The predicted molar refractivity (Wildman–Crippen MR) is 79.3 cm³/mol. The van der Waals surface area contributed by atoms with Gasteiger partial charge in [-0.05, 0) is 56.5 Å².